The molecule has 2 amide bonds. The zero-order valence-corrected chi connectivity index (χ0v) is 21.5. The summed E-state index contributed by atoms with van der Waals surface area (Å²) in [6, 6.07) is 16.0. The minimum Gasteiger partial charge on any atom is -0.481 e. The minimum atomic E-state index is -0.832. The molecule has 0 unspecified atom stereocenters. The lowest BCUT2D eigenvalue weighted by atomic mass is 9.76. The molecule has 0 heterocycles. The number of carbonyl (C=O) groups is 3. The molecule has 8 nitrogen and oxygen atoms in total. The first-order chi connectivity index (χ1) is 17.6. The highest BCUT2D eigenvalue weighted by Crippen LogP contribution is 2.45. The summed E-state index contributed by atoms with van der Waals surface area (Å²) in [6.07, 6.45) is 1.10. The van der Waals surface area contributed by atoms with Gasteiger partial charge in [0, 0.05) is 24.0 Å². The molecule has 5 rings (SSSR count). The molecule has 3 aliphatic rings. The zero-order valence-electron chi connectivity index (χ0n) is 21.5. The van der Waals surface area contributed by atoms with Gasteiger partial charge in [0.05, 0.1) is 5.92 Å². The van der Waals surface area contributed by atoms with Crippen LogP contribution in [-0.4, -0.2) is 58.5 Å². The van der Waals surface area contributed by atoms with Crippen molar-refractivity contribution in [2.45, 2.75) is 76.1 Å². The Morgan fingerprint density at radius 1 is 0.919 bits per heavy atom. The summed E-state index contributed by atoms with van der Waals surface area (Å²) in [6.45, 7) is 5.64. The molecule has 2 saturated carbocycles. The average molecular weight is 507 g/mol. The van der Waals surface area contributed by atoms with E-state index < -0.39 is 29.7 Å². The normalized spacial score (nSPS) is 24.1. The molecule has 2 fully saturated rings. The summed E-state index contributed by atoms with van der Waals surface area (Å²) >= 11 is 0. The van der Waals surface area contributed by atoms with E-state index in [4.69, 9.17) is 9.47 Å². The summed E-state index contributed by atoms with van der Waals surface area (Å²) in [5, 5.41) is 12.2. The van der Waals surface area contributed by atoms with Gasteiger partial charge in [-0.3, -0.25) is 4.79 Å². The first-order valence-corrected chi connectivity index (χ1v) is 13.0. The number of nitrogens with zero attached hydrogens (tertiary/aromatic N) is 1. The molecule has 8 heteroatoms. The Hall–Kier alpha value is -3.55. The fourth-order valence-electron chi connectivity index (χ4n) is 5.69. The predicted octanol–water partition coefficient (Wildman–Crippen LogP) is 5.16. The van der Waals surface area contributed by atoms with Crippen molar-refractivity contribution in [2.75, 3.05) is 6.61 Å². The summed E-state index contributed by atoms with van der Waals surface area (Å²) in [5.74, 6) is -1.32. The molecule has 2 aromatic rings. The van der Waals surface area contributed by atoms with E-state index in [9.17, 15) is 19.5 Å². The molecule has 2 N–H and O–H groups in total. The second-order valence-electron chi connectivity index (χ2n) is 11.3. The van der Waals surface area contributed by atoms with E-state index >= 15 is 0 Å². The molecule has 0 atom stereocenters. The molecule has 0 aromatic heterocycles. The lowest BCUT2D eigenvalue weighted by Gasteiger charge is -2.49. The third-order valence-electron chi connectivity index (χ3n) is 7.63. The van der Waals surface area contributed by atoms with E-state index in [0.29, 0.717) is 25.7 Å². The van der Waals surface area contributed by atoms with E-state index in [1.807, 2.05) is 45.0 Å². The number of carboxylic acid groups (broad SMARTS) is 1. The fraction of sp³-hybridized carbons (Fsp3) is 0.483. The molecule has 3 aliphatic carbocycles. The quantitative estimate of drug-likeness (QED) is 0.561. The van der Waals surface area contributed by atoms with Crippen molar-refractivity contribution in [3.8, 4) is 11.1 Å². The Morgan fingerprint density at radius 3 is 2.00 bits per heavy atom. The van der Waals surface area contributed by atoms with E-state index in [-0.39, 0.29) is 30.7 Å². The second kappa shape index (κ2) is 9.72. The molecule has 0 radical (unpaired) electrons. The number of carboxylic acids is 1. The number of hydrogen-bond acceptors (Lipinski definition) is 5. The highest BCUT2D eigenvalue weighted by atomic mass is 16.6. The number of aliphatic carboxylic acids is 1. The number of benzene rings is 2. The number of rotatable bonds is 6. The number of hydrogen-bond donors (Lipinski definition) is 2. The van der Waals surface area contributed by atoms with Crippen molar-refractivity contribution in [1.29, 1.82) is 0 Å². The molecule has 37 heavy (non-hydrogen) atoms. The lowest BCUT2D eigenvalue weighted by Crippen LogP contribution is -2.61. The van der Waals surface area contributed by atoms with Crippen LogP contribution in [0.5, 0.6) is 0 Å². The van der Waals surface area contributed by atoms with Crippen LogP contribution in [0, 0.1) is 5.92 Å². The van der Waals surface area contributed by atoms with Gasteiger partial charge < -0.3 is 24.8 Å². The molecular weight excluding hydrogens is 472 g/mol. The summed E-state index contributed by atoms with van der Waals surface area (Å²) in [4.78, 5) is 38.7. The summed E-state index contributed by atoms with van der Waals surface area (Å²) in [7, 11) is 0. The molecule has 196 valence electrons. The highest BCUT2D eigenvalue weighted by molar-refractivity contribution is 5.79. The molecular formula is C29H34N2O6. The fourth-order valence-corrected chi connectivity index (χ4v) is 5.69. The third-order valence-corrected chi connectivity index (χ3v) is 7.63. The Kier molecular flexibility index (Phi) is 6.60. The van der Waals surface area contributed by atoms with Crippen molar-refractivity contribution < 1.29 is 29.0 Å². The van der Waals surface area contributed by atoms with Gasteiger partial charge in [-0.05, 0) is 68.7 Å². The Balaban J connectivity index is 1.25. The minimum absolute atomic E-state index is 0.0469. The molecule has 0 spiro atoms. The van der Waals surface area contributed by atoms with Crippen LogP contribution >= 0.6 is 0 Å². The van der Waals surface area contributed by atoms with Gasteiger partial charge in [0.2, 0.25) is 0 Å². The van der Waals surface area contributed by atoms with Gasteiger partial charge >= 0.3 is 18.2 Å². The zero-order chi connectivity index (χ0) is 26.3. The summed E-state index contributed by atoms with van der Waals surface area (Å²) in [5.41, 5.74) is 4.02. The van der Waals surface area contributed by atoms with Crippen molar-refractivity contribution in [2.24, 2.45) is 5.92 Å². The van der Waals surface area contributed by atoms with Crippen LogP contribution in [0.15, 0.2) is 48.5 Å². The standard InChI is InChI=1S/C29H34N2O6/c1-29(2,3)37-27(34)30-18-14-20(15-18)31(19-12-17(13-19)26(32)33)28(35)36-16-25-23-10-6-4-8-21(23)22-9-5-7-11-24(22)25/h4-11,17-20,25H,12-16H2,1-3H3,(H,30,34)(H,32,33). The van der Waals surface area contributed by atoms with Crippen LogP contribution in [0.25, 0.3) is 11.1 Å². The lowest BCUT2D eigenvalue weighted by molar-refractivity contribution is -0.147. The maximum atomic E-state index is 13.4. The van der Waals surface area contributed by atoms with Gasteiger partial charge in [-0.2, -0.15) is 0 Å². The number of ether oxygens (including phenoxy) is 2. The number of nitrogens with one attached hydrogen (secondary N) is 1. The largest absolute Gasteiger partial charge is 0.481 e. The van der Waals surface area contributed by atoms with Crippen molar-refractivity contribution >= 4 is 18.2 Å². The van der Waals surface area contributed by atoms with Crippen LogP contribution in [-0.2, 0) is 14.3 Å². The van der Waals surface area contributed by atoms with Gasteiger partial charge in [-0.1, -0.05) is 48.5 Å². The second-order valence-corrected chi connectivity index (χ2v) is 11.3. The smallest absolute Gasteiger partial charge is 0.410 e. The Bertz CT molecular complexity index is 1150. The van der Waals surface area contributed by atoms with E-state index in [1.165, 1.54) is 0 Å². The van der Waals surface area contributed by atoms with Crippen molar-refractivity contribution in [3.63, 3.8) is 0 Å². The predicted molar refractivity (Wildman–Crippen MR) is 137 cm³/mol. The first-order valence-electron chi connectivity index (χ1n) is 13.0. The van der Waals surface area contributed by atoms with Gasteiger partial charge in [0.15, 0.2) is 0 Å². The van der Waals surface area contributed by atoms with E-state index in [0.717, 1.165) is 22.3 Å². The molecule has 2 aromatic carbocycles. The number of amides is 2. The molecule has 0 bridgehead atoms. The van der Waals surface area contributed by atoms with Crippen LogP contribution in [0.2, 0.25) is 0 Å². The topological polar surface area (TPSA) is 105 Å². The average Bonchev–Trinajstić information content (AvgIpc) is 3.09. The number of carbonyl (C=O) groups excluding carboxylic acids is 2. The Labute approximate surface area is 216 Å². The van der Waals surface area contributed by atoms with E-state index in [2.05, 4.69) is 29.6 Å². The van der Waals surface area contributed by atoms with Crippen molar-refractivity contribution in [3.05, 3.63) is 59.7 Å². The summed E-state index contributed by atoms with van der Waals surface area (Å²) < 4.78 is 11.3. The monoisotopic (exact) mass is 506 g/mol. The first kappa shape index (κ1) is 25.1. The van der Waals surface area contributed by atoms with Gasteiger partial charge in [-0.15, -0.1) is 0 Å². The number of alkyl carbamates (subject to hydrolysis) is 1. The molecule has 0 aliphatic heterocycles. The van der Waals surface area contributed by atoms with Gasteiger partial charge in [-0.25, -0.2) is 9.59 Å². The van der Waals surface area contributed by atoms with Crippen LogP contribution in [0.1, 0.15) is 63.5 Å². The van der Waals surface area contributed by atoms with Crippen LogP contribution < -0.4 is 5.32 Å². The third kappa shape index (κ3) is 5.15. The highest BCUT2D eigenvalue weighted by Gasteiger charge is 2.47. The van der Waals surface area contributed by atoms with Crippen LogP contribution in [0.4, 0.5) is 9.59 Å². The Morgan fingerprint density at radius 2 is 1.46 bits per heavy atom. The number of fused-ring (bicyclic) bond motifs is 3. The van der Waals surface area contributed by atoms with Crippen LogP contribution in [0.3, 0.4) is 0 Å². The SMILES string of the molecule is CC(C)(C)OC(=O)NC1CC(N(C(=O)OCC2c3ccccc3-c3ccccc32)C2CC(C(=O)O)C2)C1. The maximum absolute atomic E-state index is 13.4. The van der Waals surface area contributed by atoms with Crippen molar-refractivity contribution in [1.82, 2.24) is 10.2 Å². The maximum Gasteiger partial charge on any atom is 0.410 e. The molecule has 0 saturated heterocycles. The van der Waals surface area contributed by atoms with Gasteiger partial charge in [0.1, 0.15) is 12.2 Å². The van der Waals surface area contributed by atoms with Gasteiger partial charge in [0.25, 0.3) is 0 Å². The van der Waals surface area contributed by atoms with E-state index in [1.54, 1.807) is 4.90 Å².